The predicted molar refractivity (Wildman–Crippen MR) is 95.3 cm³/mol. The lowest BCUT2D eigenvalue weighted by Gasteiger charge is -2.34. The van der Waals surface area contributed by atoms with Gasteiger partial charge in [0.1, 0.15) is 5.75 Å². The summed E-state index contributed by atoms with van der Waals surface area (Å²) in [7, 11) is 3.50. The molecule has 24 heavy (non-hydrogen) atoms. The fourth-order valence-corrected chi connectivity index (χ4v) is 3.05. The molecule has 1 aliphatic rings. The Morgan fingerprint density at radius 1 is 1.46 bits per heavy atom. The van der Waals surface area contributed by atoms with Crippen LogP contribution in [-0.2, 0) is 4.74 Å². The van der Waals surface area contributed by atoms with Gasteiger partial charge in [-0.1, -0.05) is 32.9 Å². The number of amides is 2. The lowest BCUT2D eigenvalue weighted by Crippen LogP contribution is -2.45. The van der Waals surface area contributed by atoms with Crippen molar-refractivity contribution < 1.29 is 14.3 Å². The van der Waals surface area contributed by atoms with Gasteiger partial charge in [0.15, 0.2) is 0 Å². The van der Waals surface area contributed by atoms with Gasteiger partial charge in [-0.05, 0) is 29.5 Å². The second-order valence-electron chi connectivity index (χ2n) is 7.64. The van der Waals surface area contributed by atoms with Crippen LogP contribution in [-0.4, -0.2) is 44.8 Å². The van der Waals surface area contributed by atoms with E-state index < -0.39 is 0 Å². The lowest BCUT2D eigenvalue weighted by molar-refractivity contribution is 0.165. The fourth-order valence-electron chi connectivity index (χ4n) is 3.05. The molecule has 0 radical (unpaired) electrons. The van der Waals surface area contributed by atoms with Crippen LogP contribution in [0.3, 0.4) is 0 Å². The Bertz CT molecular complexity index is 548. The molecule has 1 aromatic carbocycles. The first kappa shape index (κ1) is 18.6. The van der Waals surface area contributed by atoms with Crippen LogP contribution in [0, 0.1) is 11.3 Å². The zero-order chi connectivity index (χ0) is 17.7. The number of hydrogen-bond donors (Lipinski definition) is 1. The summed E-state index contributed by atoms with van der Waals surface area (Å²) in [5, 5.41) is 3.19. The predicted octanol–water partition coefficient (Wildman–Crippen LogP) is 3.46. The van der Waals surface area contributed by atoms with Crippen LogP contribution < -0.4 is 10.1 Å². The first-order valence-corrected chi connectivity index (χ1v) is 8.54. The molecule has 2 amide bonds. The third-order valence-corrected chi connectivity index (χ3v) is 4.46. The van der Waals surface area contributed by atoms with Gasteiger partial charge >= 0.3 is 6.03 Å². The highest BCUT2D eigenvalue weighted by Crippen LogP contribution is 2.34. The molecule has 1 saturated heterocycles. The van der Waals surface area contributed by atoms with E-state index in [1.165, 1.54) is 0 Å². The zero-order valence-corrected chi connectivity index (χ0v) is 15.5. The molecule has 0 unspecified atom stereocenters. The topological polar surface area (TPSA) is 50.8 Å². The second kappa shape index (κ2) is 7.88. The Morgan fingerprint density at radius 3 is 2.79 bits per heavy atom. The van der Waals surface area contributed by atoms with E-state index in [1.54, 1.807) is 12.0 Å². The standard InChI is InChI=1S/C19H30N2O3/c1-19(2,3)17(15-7-6-8-16(11-15)23-5)20-18(22)21(4)12-14-9-10-24-13-14/h6-8,11,14,17H,9-10,12-13H2,1-5H3,(H,20,22)/t14-,17-/m0/s1. The van der Waals surface area contributed by atoms with Crippen molar-refractivity contribution in [2.45, 2.75) is 33.2 Å². The van der Waals surface area contributed by atoms with Crippen LogP contribution in [0.5, 0.6) is 5.75 Å². The number of carbonyl (C=O) groups excluding carboxylic acids is 1. The number of nitrogens with zero attached hydrogens (tertiary/aromatic N) is 1. The van der Waals surface area contributed by atoms with Crippen molar-refractivity contribution in [1.29, 1.82) is 0 Å². The fraction of sp³-hybridized carbons (Fsp3) is 0.632. The van der Waals surface area contributed by atoms with E-state index in [0.717, 1.165) is 37.5 Å². The summed E-state index contributed by atoms with van der Waals surface area (Å²) in [6, 6.07) is 7.74. The molecule has 0 saturated carbocycles. The average Bonchev–Trinajstić information content (AvgIpc) is 3.04. The maximum atomic E-state index is 12.7. The molecule has 0 aromatic heterocycles. The summed E-state index contributed by atoms with van der Waals surface area (Å²) in [4.78, 5) is 14.4. The van der Waals surface area contributed by atoms with Gasteiger partial charge in [0.25, 0.3) is 0 Å². The highest BCUT2D eigenvalue weighted by molar-refractivity contribution is 5.74. The zero-order valence-electron chi connectivity index (χ0n) is 15.5. The van der Waals surface area contributed by atoms with Gasteiger partial charge in [-0.3, -0.25) is 0 Å². The lowest BCUT2D eigenvalue weighted by atomic mass is 9.82. The number of methoxy groups -OCH3 is 1. The van der Waals surface area contributed by atoms with Gasteiger partial charge in [-0.25, -0.2) is 4.79 Å². The highest BCUT2D eigenvalue weighted by Gasteiger charge is 2.30. The molecule has 0 aliphatic carbocycles. The summed E-state index contributed by atoms with van der Waals surface area (Å²) in [5.41, 5.74) is 0.937. The minimum Gasteiger partial charge on any atom is -0.497 e. The van der Waals surface area contributed by atoms with Gasteiger partial charge in [0, 0.05) is 26.1 Å². The van der Waals surface area contributed by atoms with Crippen molar-refractivity contribution in [3.05, 3.63) is 29.8 Å². The van der Waals surface area contributed by atoms with Crippen LogP contribution in [0.1, 0.15) is 38.8 Å². The normalized spacial score (nSPS) is 19.0. The largest absolute Gasteiger partial charge is 0.497 e. The van der Waals surface area contributed by atoms with Crippen LogP contribution in [0.25, 0.3) is 0 Å². The molecule has 134 valence electrons. The maximum Gasteiger partial charge on any atom is 0.317 e. The Balaban J connectivity index is 2.09. The Hall–Kier alpha value is -1.75. The number of nitrogens with one attached hydrogen (secondary N) is 1. The van der Waals surface area contributed by atoms with Crippen LogP contribution >= 0.6 is 0 Å². The number of ether oxygens (including phenoxy) is 2. The van der Waals surface area contributed by atoms with Gasteiger partial charge in [0.2, 0.25) is 0 Å². The molecule has 1 fully saturated rings. The van der Waals surface area contributed by atoms with Gasteiger partial charge in [-0.15, -0.1) is 0 Å². The third-order valence-electron chi connectivity index (χ3n) is 4.46. The Kier molecular flexibility index (Phi) is 6.10. The van der Waals surface area contributed by atoms with Crippen LogP contribution in [0.2, 0.25) is 0 Å². The summed E-state index contributed by atoms with van der Waals surface area (Å²) in [6.45, 7) is 8.65. The van der Waals surface area contributed by atoms with Crippen molar-refractivity contribution in [2.75, 3.05) is 33.9 Å². The van der Waals surface area contributed by atoms with Gasteiger partial charge in [0.05, 0.1) is 19.8 Å². The minimum absolute atomic E-state index is 0.0513. The minimum atomic E-state index is -0.112. The van der Waals surface area contributed by atoms with Crippen LogP contribution in [0.4, 0.5) is 4.79 Å². The smallest absolute Gasteiger partial charge is 0.317 e. The summed E-state index contributed by atoms with van der Waals surface area (Å²) in [5.74, 6) is 1.23. The SMILES string of the molecule is COc1cccc([C@H](NC(=O)N(C)C[C@@H]2CCOC2)C(C)(C)C)c1. The number of benzene rings is 1. The van der Waals surface area contributed by atoms with E-state index >= 15 is 0 Å². The first-order chi connectivity index (χ1) is 11.3. The first-order valence-electron chi connectivity index (χ1n) is 8.54. The van der Waals surface area contributed by atoms with Crippen molar-refractivity contribution in [3.63, 3.8) is 0 Å². The summed E-state index contributed by atoms with van der Waals surface area (Å²) >= 11 is 0. The number of carbonyl (C=O) groups is 1. The monoisotopic (exact) mass is 334 g/mol. The van der Waals surface area contributed by atoms with Gasteiger partial charge in [-0.2, -0.15) is 0 Å². The van der Waals surface area contributed by atoms with E-state index in [9.17, 15) is 4.79 Å². The van der Waals surface area contributed by atoms with Crippen LogP contribution in [0.15, 0.2) is 24.3 Å². The molecule has 5 nitrogen and oxygen atoms in total. The Morgan fingerprint density at radius 2 is 2.21 bits per heavy atom. The Labute approximate surface area is 145 Å². The van der Waals surface area contributed by atoms with E-state index in [2.05, 4.69) is 26.1 Å². The molecule has 5 heteroatoms. The molecule has 1 heterocycles. The highest BCUT2D eigenvalue weighted by atomic mass is 16.5. The molecule has 1 aliphatic heterocycles. The maximum absolute atomic E-state index is 12.7. The molecule has 2 atom stereocenters. The molecule has 0 bridgehead atoms. The molecule has 2 rings (SSSR count). The van der Waals surface area contributed by atoms with Crippen molar-refractivity contribution >= 4 is 6.03 Å². The number of urea groups is 1. The van der Waals surface area contributed by atoms with E-state index in [1.807, 2.05) is 31.3 Å². The van der Waals surface area contributed by atoms with E-state index in [-0.39, 0.29) is 17.5 Å². The molecule has 0 spiro atoms. The van der Waals surface area contributed by atoms with Crippen molar-refractivity contribution in [3.8, 4) is 5.75 Å². The molecular weight excluding hydrogens is 304 g/mol. The summed E-state index contributed by atoms with van der Waals surface area (Å²) < 4.78 is 10.7. The second-order valence-corrected chi connectivity index (χ2v) is 7.64. The van der Waals surface area contributed by atoms with E-state index in [0.29, 0.717) is 5.92 Å². The molecular formula is C19H30N2O3. The quantitative estimate of drug-likeness (QED) is 0.897. The number of rotatable bonds is 5. The average molecular weight is 334 g/mol. The molecule has 1 N–H and O–H groups in total. The number of hydrogen-bond acceptors (Lipinski definition) is 3. The third kappa shape index (κ3) is 4.87. The summed E-state index contributed by atoms with van der Waals surface area (Å²) in [6.07, 6.45) is 1.02. The van der Waals surface area contributed by atoms with E-state index in [4.69, 9.17) is 9.47 Å². The van der Waals surface area contributed by atoms with Crippen molar-refractivity contribution in [2.24, 2.45) is 11.3 Å². The molecule has 1 aromatic rings. The van der Waals surface area contributed by atoms with Crippen molar-refractivity contribution in [1.82, 2.24) is 10.2 Å². The van der Waals surface area contributed by atoms with Gasteiger partial charge < -0.3 is 19.7 Å².